The zero-order valence-electron chi connectivity index (χ0n) is 12.6. The molecule has 0 amide bonds. The number of fused-ring (bicyclic) bond motifs is 2. The van der Waals surface area contributed by atoms with E-state index in [4.69, 9.17) is 0 Å². The van der Waals surface area contributed by atoms with Gasteiger partial charge in [0.1, 0.15) is 5.82 Å². The molecule has 2 fully saturated rings. The van der Waals surface area contributed by atoms with Crippen molar-refractivity contribution >= 4 is 22.4 Å². The Morgan fingerprint density at radius 3 is 2.38 bits per heavy atom. The van der Waals surface area contributed by atoms with Crippen LogP contribution in [0.3, 0.4) is 0 Å². The lowest BCUT2D eigenvalue weighted by molar-refractivity contribution is 0.251. The highest BCUT2D eigenvalue weighted by Gasteiger charge is 2.39. The third-order valence-electron chi connectivity index (χ3n) is 4.69. The fourth-order valence-electron chi connectivity index (χ4n) is 3.32. The van der Waals surface area contributed by atoms with E-state index < -0.39 is 10.0 Å². The molecule has 3 rings (SSSR count). The zero-order chi connectivity index (χ0) is 14.5. The minimum Gasteiger partial charge on any atom is -0.337 e. The molecule has 2 aliphatic rings. The van der Waals surface area contributed by atoms with Crippen molar-refractivity contribution in [3.05, 3.63) is 12.0 Å². The number of hydrogen-bond donors (Lipinski definition) is 1. The summed E-state index contributed by atoms with van der Waals surface area (Å²) in [6.07, 6.45) is 5.72. The normalized spacial score (nSPS) is 28.7. The molecular formula is C13H23ClN4O2S. The standard InChI is InChI=1S/C13H22N4O2S.ClH/c1-9-14-13(8-16(9)2)20(18,19)17(3)12-6-10-4-5-11(7-12)15-10;/h8,10-12,15H,4-7H2,1-3H3;1H. The maximum atomic E-state index is 12.7. The van der Waals surface area contributed by atoms with Crippen LogP contribution in [0.4, 0.5) is 0 Å². The lowest BCUT2D eigenvalue weighted by atomic mass is 10.0. The van der Waals surface area contributed by atoms with E-state index in [0.29, 0.717) is 17.9 Å². The summed E-state index contributed by atoms with van der Waals surface area (Å²) in [7, 11) is 0.0151. The fraction of sp³-hybridized carbons (Fsp3) is 0.769. The molecule has 2 atom stereocenters. The minimum atomic E-state index is -3.49. The molecular weight excluding hydrogens is 312 g/mol. The van der Waals surface area contributed by atoms with Crippen LogP contribution in [0.2, 0.25) is 0 Å². The largest absolute Gasteiger partial charge is 0.337 e. The molecule has 2 saturated heterocycles. The van der Waals surface area contributed by atoms with Crippen molar-refractivity contribution in [1.82, 2.24) is 19.2 Å². The van der Waals surface area contributed by atoms with Crippen molar-refractivity contribution < 1.29 is 8.42 Å². The summed E-state index contributed by atoms with van der Waals surface area (Å²) >= 11 is 0. The van der Waals surface area contributed by atoms with E-state index in [-0.39, 0.29) is 23.5 Å². The van der Waals surface area contributed by atoms with Gasteiger partial charge in [-0.05, 0) is 32.6 Å². The number of aryl methyl sites for hydroxylation is 2. The van der Waals surface area contributed by atoms with Gasteiger partial charge in [0.2, 0.25) is 0 Å². The van der Waals surface area contributed by atoms with Crippen molar-refractivity contribution in [1.29, 1.82) is 0 Å². The monoisotopic (exact) mass is 334 g/mol. The molecule has 1 aromatic rings. The second kappa shape index (κ2) is 5.87. The van der Waals surface area contributed by atoms with Gasteiger partial charge in [-0.1, -0.05) is 0 Å². The van der Waals surface area contributed by atoms with Crippen LogP contribution in [-0.2, 0) is 17.1 Å². The van der Waals surface area contributed by atoms with E-state index in [0.717, 1.165) is 25.7 Å². The molecule has 8 heteroatoms. The third-order valence-corrected chi connectivity index (χ3v) is 6.47. The summed E-state index contributed by atoms with van der Waals surface area (Å²) in [5.74, 6) is 0.711. The van der Waals surface area contributed by atoms with Crippen molar-refractivity contribution in [3.63, 3.8) is 0 Å². The van der Waals surface area contributed by atoms with Crippen molar-refractivity contribution in [3.8, 4) is 0 Å². The van der Waals surface area contributed by atoms with Crippen LogP contribution in [0.5, 0.6) is 0 Å². The van der Waals surface area contributed by atoms with E-state index in [9.17, 15) is 8.42 Å². The smallest absolute Gasteiger partial charge is 0.262 e. The summed E-state index contributed by atoms with van der Waals surface area (Å²) < 4.78 is 28.6. The summed E-state index contributed by atoms with van der Waals surface area (Å²) in [5, 5.41) is 3.70. The van der Waals surface area contributed by atoms with Gasteiger partial charge in [-0.15, -0.1) is 12.4 Å². The van der Waals surface area contributed by atoms with Crippen LogP contribution >= 0.6 is 12.4 Å². The number of sulfonamides is 1. The van der Waals surface area contributed by atoms with Crippen molar-refractivity contribution in [2.75, 3.05) is 7.05 Å². The molecule has 2 aliphatic heterocycles. The average molecular weight is 335 g/mol. The lowest BCUT2D eigenvalue weighted by Crippen LogP contribution is -2.48. The van der Waals surface area contributed by atoms with Gasteiger partial charge in [-0.2, -0.15) is 4.31 Å². The van der Waals surface area contributed by atoms with E-state index >= 15 is 0 Å². The second-order valence-corrected chi connectivity index (χ2v) is 7.97. The van der Waals surface area contributed by atoms with Crippen molar-refractivity contribution in [2.45, 2.75) is 55.8 Å². The third kappa shape index (κ3) is 2.97. The highest BCUT2D eigenvalue weighted by molar-refractivity contribution is 7.89. The Hall–Kier alpha value is -0.630. The number of piperidine rings is 1. The predicted octanol–water partition coefficient (Wildman–Crippen LogP) is 1.05. The lowest BCUT2D eigenvalue weighted by Gasteiger charge is -2.34. The molecule has 120 valence electrons. The van der Waals surface area contributed by atoms with Gasteiger partial charge >= 0.3 is 0 Å². The van der Waals surface area contributed by atoms with Gasteiger partial charge in [-0.25, -0.2) is 13.4 Å². The van der Waals surface area contributed by atoms with Gasteiger partial charge in [0.15, 0.2) is 5.03 Å². The van der Waals surface area contributed by atoms with E-state index in [2.05, 4.69) is 10.3 Å². The highest BCUT2D eigenvalue weighted by atomic mass is 35.5. The number of nitrogens with one attached hydrogen (secondary N) is 1. The molecule has 3 heterocycles. The number of halogens is 1. The number of nitrogens with zero attached hydrogens (tertiary/aromatic N) is 3. The average Bonchev–Trinajstić information content (AvgIpc) is 2.92. The first-order valence-electron chi connectivity index (χ1n) is 7.12. The Morgan fingerprint density at radius 1 is 1.33 bits per heavy atom. The number of hydrogen-bond acceptors (Lipinski definition) is 4. The minimum absolute atomic E-state index is 0. The molecule has 0 aliphatic carbocycles. The van der Waals surface area contributed by atoms with Crippen LogP contribution in [0.25, 0.3) is 0 Å². The van der Waals surface area contributed by atoms with Gasteiger partial charge in [-0.3, -0.25) is 0 Å². The Balaban J connectivity index is 0.00000161. The molecule has 0 aromatic carbocycles. The summed E-state index contributed by atoms with van der Waals surface area (Å²) in [6.45, 7) is 1.81. The van der Waals surface area contributed by atoms with E-state index in [1.807, 2.05) is 14.0 Å². The first kappa shape index (κ1) is 16.7. The molecule has 21 heavy (non-hydrogen) atoms. The molecule has 0 saturated carbocycles. The van der Waals surface area contributed by atoms with Crippen LogP contribution in [0.1, 0.15) is 31.5 Å². The number of rotatable bonds is 3. The molecule has 1 N–H and O–H groups in total. The summed E-state index contributed by atoms with van der Waals surface area (Å²) in [5.41, 5.74) is 0. The molecule has 6 nitrogen and oxygen atoms in total. The van der Waals surface area contributed by atoms with Crippen LogP contribution < -0.4 is 5.32 Å². The summed E-state index contributed by atoms with van der Waals surface area (Å²) in [4.78, 5) is 4.17. The molecule has 1 aromatic heterocycles. The van der Waals surface area contributed by atoms with Gasteiger partial charge in [0, 0.05) is 38.4 Å². The molecule has 2 bridgehead atoms. The van der Waals surface area contributed by atoms with Gasteiger partial charge in [0.25, 0.3) is 10.0 Å². The predicted molar refractivity (Wildman–Crippen MR) is 83.1 cm³/mol. The Bertz CT molecular complexity index is 584. The molecule has 0 spiro atoms. The molecule has 2 unspecified atom stereocenters. The van der Waals surface area contributed by atoms with Gasteiger partial charge < -0.3 is 9.88 Å². The van der Waals surface area contributed by atoms with Crippen molar-refractivity contribution in [2.24, 2.45) is 7.05 Å². The number of aromatic nitrogens is 2. The quantitative estimate of drug-likeness (QED) is 0.897. The van der Waals surface area contributed by atoms with Crippen LogP contribution in [0.15, 0.2) is 11.2 Å². The zero-order valence-corrected chi connectivity index (χ0v) is 14.2. The Morgan fingerprint density at radius 2 is 1.90 bits per heavy atom. The highest BCUT2D eigenvalue weighted by Crippen LogP contribution is 2.31. The molecule has 0 radical (unpaired) electrons. The van der Waals surface area contributed by atoms with E-state index in [1.165, 1.54) is 4.31 Å². The maximum Gasteiger partial charge on any atom is 0.262 e. The topological polar surface area (TPSA) is 67.2 Å². The van der Waals surface area contributed by atoms with Crippen LogP contribution in [0, 0.1) is 6.92 Å². The second-order valence-electron chi connectivity index (χ2n) is 6.02. The first-order chi connectivity index (χ1) is 9.38. The number of imidazole rings is 1. The van der Waals surface area contributed by atoms with E-state index in [1.54, 1.807) is 17.8 Å². The maximum absolute atomic E-state index is 12.7. The summed E-state index contributed by atoms with van der Waals surface area (Å²) in [6, 6.07) is 1.03. The van der Waals surface area contributed by atoms with Crippen LogP contribution in [-0.4, -0.2) is 47.4 Å². The SMILES string of the molecule is Cc1nc(S(=O)(=O)N(C)C2CC3CCC(C2)N3)cn1C.Cl. The van der Waals surface area contributed by atoms with Gasteiger partial charge in [0.05, 0.1) is 0 Å². The fourth-order valence-corrected chi connectivity index (χ4v) is 4.72. The Kier molecular flexibility index (Phi) is 4.68. The Labute approximate surface area is 132 Å². The first-order valence-corrected chi connectivity index (χ1v) is 8.56.